The number of carbonyl (C=O) groups is 1. The lowest BCUT2D eigenvalue weighted by Crippen LogP contribution is -2.33. The fraction of sp³-hybridized carbons (Fsp3) is 0.526. The largest absolute Gasteiger partial charge is 0.484 e. The van der Waals surface area contributed by atoms with Crippen LogP contribution in [0.1, 0.15) is 43.0 Å². The van der Waals surface area contributed by atoms with Crippen LogP contribution in [0.3, 0.4) is 0 Å². The third kappa shape index (κ3) is 5.24. The van der Waals surface area contributed by atoms with Crippen molar-refractivity contribution in [1.82, 2.24) is 15.0 Å². The summed E-state index contributed by atoms with van der Waals surface area (Å²) >= 11 is 0. The Hall–Kier alpha value is -2.58. The summed E-state index contributed by atoms with van der Waals surface area (Å²) in [7, 11) is 1.76. The molecule has 6 nitrogen and oxygen atoms in total. The minimum absolute atomic E-state index is 0.0662. The number of alkyl halides is 3. The van der Waals surface area contributed by atoms with Gasteiger partial charge in [0.1, 0.15) is 5.75 Å². The third-order valence-corrected chi connectivity index (χ3v) is 4.79. The molecule has 0 saturated heterocycles. The zero-order valence-electron chi connectivity index (χ0n) is 15.5. The van der Waals surface area contributed by atoms with Gasteiger partial charge in [0.2, 0.25) is 5.91 Å². The van der Waals surface area contributed by atoms with E-state index in [1.165, 1.54) is 12.1 Å². The van der Waals surface area contributed by atoms with E-state index in [-0.39, 0.29) is 30.1 Å². The van der Waals surface area contributed by atoms with Gasteiger partial charge in [-0.25, -0.2) is 0 Å². The van der Waals surface area contributed by atoms with E-state index in [0.717, 1.165) is 37.8 Å². The molecule has 1 heterocycles. The number of halogens is 3. The van der Waals surface area contributed by atoms with Crippen molar-refractivity contribution in [3.63, 3.8) is 0 Å². The van der Waals surface area contributed by atoms with E-state index >= 15 is 0 Å². The third-order valence-electron chi connectivity index (χ3n) is 4.79. The van der Waals surface area contributed by atoms with Crippen molar-refractivity contribution in [1.29, 1.82) is 0 Å². The molecule has 1 aromatic heterocycles. The SMILES string of the molecule is CN(CCc1noc(COc2cccc(C(F)(F)F)c2)n1)C(=O)C1CCCC1. The molecular weight excluding hydrogens is 375 g/mol. The number of benzene rings is 1. The number of carbonyl (C=O) groups excluding carboxylic acids is 1. The Labute approximate surface area is 160 Å². The summed E-state index contributed by atoms with van der Waals surface area (Å²) in [5.41, 5.74) is -0.786. The molecule has 1 aliphatic carbocycles. The topological polar surface area (TPSA) is 68.5 Å². The van der Waals surface area contributed by atoms with E-state index in [1.54, 1.807) is 11.9 Å². The van der Waals surface area contributed by atoms with Gasteiger partial charge >= 0.3 is 6.18 Å². The zero-order chi connectivity index (χ0) is 20.1. The van der Waals surface area contributed by atoms with E-state index in [9.17, 15) is 18.0 Å². The minimum Gasteiger partial charge on any atom is -0.484 e. The Morgan fingerprint density at radius 3 is 2.79 bits per heavy atom. The molecule has 1 fully saturated rings. The number of nitrogens with zero attached hydrogens (tertiary/aromatic N) is 3. The summed E-state index contributed by atoms with van der Waals surface area (Å²) in [5.74, 6) is 0.920. The van der Waals surface area contributed by atoms with Crippen LogP contribution in [0, 0.1) is 5.92 Å². The molecule has 2 aromatic rings. The minimum atomic E-state index is -4.43. The van der Waals surface area contributed by atoms with Crippen LogP contribution in [0.15, 0.2) is 28.8 Å². The van der Waals surface area contributed by atoms with Gasteiger partial charge in [-0.15, -0.1) is 0 Å². The highest BCUT2D eigenvalue weighted by Gasteiger charge is 2.30. The van der Waals surface area contributed by atoms with E-state index in [1.807, 2.05) is 0 Å². The molecule has 0 bridgehead atoms. The van der Waals surface area contributed by atoms with Crippen molar-refractivity contribution < 1.29 is 27.2 Å². The van der Waals surface area contributed by atoms with E-state index < -0.39 is 11.7 Å². The first kappa shape index (κ1) is 20.2. The molecule has 28 heavy (non-hydrogen) atoms. The number of ether oxygens (including phenoxy) is 1. The summed E-state index contributed by atoms with van der Waals surface area (Å²) in [6.45, 7) is 0.341. The number of hydrogen-bond acceptors (Lipinski definition) is 5. The average molecular weight is 397 g/mol. The van der Waals surface area contributed by atoms with Crippen LogP contribution in [0.25, 0.3) is 0 Å². The molecule has 0 spiro atoms. The number of amides is 1. The van der Waals surface area contributed by atoms with Crippen molar-refractivity contribution >= 4 is 5.91 Å². The summed E-state index contributed by atoms with van der Waals surface area (Å²) in [4.78, 5) is 18.1. The maximum Gasteiger partial charge on any atom is 0.416 e. The average Bonchev–Trinajstić information content (AvgIpc) is 3.35. The number of likely N-dealkylation sites (N-methyl/N-ethyl adjacent to an activating group) is 1. The van der Waals surface area contributed by atoms with Gasteiger partial charge in [0, 0.05) is 25.9 Å². The molecule has 1 saturated carbocycles. The Morgan fingerprint density at radius 1 is 1.32 bits per heavy atom. The number of rotatable bonds is 7. The molecular formula is C19H22F3N3O3. The Kier molecular flexibility index (Phi) is 6.21. The van der Waals surface area contributed by atoms with Crippen molar-refractivity contribution in [2.75, 3.05) is 13.6 Å². The number of hydrogen-bond donors (Lipinski definition) is 0. The maximum absolute atomic E-state index is 12.7. The first-order chi connectivity index (χ1) is 13.3. The Bertz CT molecular complexity index is 801. The van der Waals surface area contributed by atoms with Gasteiger partial charge in [-0.3, -0.25) is 4.79 Å². The predicted molar refractivity (Wildman–Crippen MR) is 93.4 cm³/mol. The highest BCUT2D eigenvalue weighted by Crippen LogP contribution is 2.31. The van der Waals surface area contributed by atoms with Gasteiger partial charge in [-0.05, 0) is 31.0 Å². The van der Waals surface area contributed by atoms with Gasteiger partial charge in [0.05, 0.1) is 5.56 Å². The summed E-state index contributed by atoms with van der Waals surface area (Å²) in [6.07, 6.45) is 0.0977. The second-order valence-corrected chi connectivity index (χ2v) is 6.91. The smallest absolute Gasteiger partial charge is 0.416 e. The highest BCUT2D eigenvalue weighted by atomic mass is 19.4. The normalized spacial score (nSPS) is 15.0. The summed E-state index contributed by atoms with van der Waals surface area (Å²) in [5, 5.41) is 3.83. The molecule has 0 aliphatic heterocycles. The lowest BCUT2D eigenvalue weighted by molar-refractivity contribution is -0.137. The Balaban J connectivity index is 1.48. The monoisotopic (exact) mass is 397 g/mol. The standard InChI is InChI=1S/C19H22F3N3O3/c1-25(18(26)13-5-2-3-6-13)10-9-16-23-17(28-24-16)12-27-15-8-4-7-14(11-15)19(20,21)22/h4,7-8,11,13H,2-3,5-6,9-10,12H2,1H3. The predicted octanol–water partition coefficient (Wildman–Crippen LogP) is 3.86. The lowest BCUT2D eigenvalue weighted by atomic mass is 10.1. The molecule has 0 radical (unpaired) electrons. The van der Waals surface area contributed by atoms with Crippen LogP contribution in [0.5, 0.6) is 5.75 Å². The first-order valence-corrected chi connectivity index (χ1v) is 9.19. The maximum atomic E-state index is 12.7. The van der Waals surface area contributed by atoms with Crippen LogP contribution >= 0.6 is 0 Å². The molecule has 0 N–H and O–H groups in total. The molecule has 0 unspecified atom stereocenters. The molecule has 3 rings (SSSR count). The molecule has 0 atom stereocenters. The molecule has 152 valence electrons. The van der Waals surface area contributed by atoms with Crippen LogP contribution in [0.4, 0.5) is 13.2 Å². The second-order valence-electron chi connectivity index (χ2n) is 6.91. The molecule has 9 heteroatoms. The van der Waals surface area contributed by atoms with E-state index in [0.29, 0.717) is 18.8 Å². The van der Waals surface area contributed by atoms with Gasteiger partial charge in [-0.2, -0.15) is 18.2 Å². The Morgan fingerprint density at radius 2 is 2.07 bits per heavy atom. The van der Waals surface area contributed by atoms with Crippen LogP contribution in [-0.4, -0.2) is 34.5 Å². The quantitative estimate of drug-likeness (QED) is 0.710. The van der Waals surface area contributed by atoms with Gasteiger partial charge < -0.3 is 14.2 Å². The van der Waals surface area contributed by atoms with Gasteiger partial charge in [0.15, 0.2) is 12.4 Å². The van der Waals surface area contributed by atoms with Crippen molar-refractivity contribution in [2.24, 2.45) is 5.92 Å². The summed E-state index contributed by atoms with van der Waals surface area (Å²) in [6, 6.07) is 4.59. The van der Waals surface area contributed by atoms with Gasteiger partial charge in [0.25, 0.3) is 5.89 Å². The van der Waals surface area contributed by atoms with Crippen molar-refractivity contribution in [2.45, 2.75) is 44.9 Å². The second kappa shape index (κ2) is 8.62. The summed E-state index contributed by atoms with van der Waals surface area (Å²) < 4.78 is 48.5. The fourth-order valence-corrected chi connectivity index (χ4v) is 3.22. The van der Waals surface area contributed by atoms with E-state index in [4.69, 9.17) is 9.26 Å². The lowest BCUT2D eigenvalue weighted by Gasteiger charge is -2.20. The molecule has 1 aliphatic rings. The van der Waals surface area contributed by atoms with Crippen LogP contribution in [-0.2, 0) is 24.0 Å². The fourth-order valence-electron chi connectivity index (χ4n) is 3.22. The van der Waals surface area contributed by atoms with Crippen molar-refractivity contribution in [3.05, 3.63) is 41.5 Å². The highest BCUT2D eigenvalue weighted by molar-refractivity contribution is 5.78. The van der Waals surface area contributed by atoms with Crippen LogP contribution < -0.4 is 4.74 Å². The number of aromatic nitrogens is 2. The van der Waals surface area contributed by atoms with Gasteiger partial charge in [-0.1, -0.05) is 24.1 Å². The van der Waals surface area contributed by atoms with E-state index in [2.05, 4.69) is 10.1 Å². The first-order valence-electron chi connectivity index (χ1n) is 9.19. The van der Waals surface area contributed by atoms with Crippen molar-refractivity contribution in [3.8, 4) is 5.75 Å². The molecule has 1 aromatic carbocycles. The van der Waals surface area contributed by atoms with Crippen LogP contribution in [0.2, 0.25) is 0 Å². The molecule has 1 amide bonds. The zero-order valence-corrected chi connectivity index (χ0v) is 15.5.